The highest BCUT2D eigenvalue weighted by Crippen LogP contribution is 2.14. The number of carbonyl (C=O) groups is 3. The summed E-state index contributed by atoms with van der Waals surface area (Å²) in [4.78, 5) is 38.0. The Kier molecular flexibility index (Phi) is 53.0. The van der Waals surface area contributed by atoms with E-state index >= 15 is 0 Å². The molecule has 390 valence electrons. The number of rotatable bonds is 49. The molecule has 1 unspecified atom stereocenters. The van der Waals surface area contributed by atoms with Crippen molar-refractivity contribution in [1.82, 2.24) is 0 Å². The number of hydrogen-bond donors (Lipinski definition) is 0. The van der Waals surface area contributed by atoms with Crippen molar-refractivity contribution in [2.75, 3.05) is 13.2 Å². The lowest BCUT2D eigenvalue weighted by Crippen LogP contribution is -2.30. The van der Waals surface area contributed by atoms with Crippen LogP contribution in [0.5, 0.6) is 0 Å². The van der Waals surface area contributed by atoms with E-state index in [1.807, 2.05) is 0 Å². The average molecular weight is 956 g/mol. The zero-order valence-corrected chi connectivity index (χ0v) is 44.5. The molecule has 0 amide bonds. The third-order valence-corrected chi connectivity index (χ3v) is 11.5. The molecule has 0 aromatic rings. The summed E-state index contributed by atoms with van der Waals surface area (Å²) < 4.78 is 16.8. The molecule has 0 saturated carbocycles. The molecule has 0 aliphatic heterocycles. The molecule has 0 aliphatic rings. The van der Waals surface area contributed by atoms with E-state index in [2.05, 4.69) is 142 Å². The molecule has 0 spiro atoms. The van der Waals surface area contributed by atoms with Crippen LogP contribution in [0.2, 0.25) is 0 Å². The first-order chi connectivity index (χ1) is 34.0. The molecule has 0 N–H and O–H groups in total. The predicted octanol–water partition coefficient (Wildman–Crippen LogP) is 18.9. The fraction of sp³-hybridized carbons (Fsp3) is 0.635. The van der Waals surface area contributed by atoms with Crippen LogP contribution in [0.25, 0.3) is 0 Å². The van der Waals surface area contributed by atoms with E-state index in [4.69, 9.17) is 14.2 Å². The maximum atomic E-state index is 12.8. The first kappa shape index (κ1) is 64.8. The van der Waals surface area contributed by atoms with Gasteiger partial charge in [0, 0.05) is 19.3 Å². The smallest absolute Gasteiger partial charge is 0.306 e. The summed E-state index contributed by atoms with van der Waals surface area (Å²) in [6.07, 6.45) is 77.6. The fourth-order valence-corrected chi connectivity index (χ4v) is 7.32. The monoisotopic (exact) mass is 955 g/mol. The van der Waals surface area contributed by atoms with Crippen LogP contribution in [0.4, 0.5) is 0 Å². The SMILES string of the molecule is CC/C=C\C/C=C\C/C=C\C/C=C\C/C=C\CCCCCCCCCC(=O)OCC(COC(=O)CCCCCCCCCCC)OC(=O)CCCCC/C=C\C/C=C\C/C=C\C/C=C\C/C=C\CC. The highest BCUT2D eigenvalue weighted by molar-refractivity contribution is 5.71. The minimum absolute atomic E-state index is 0.0968. The van der Waals surface area contributed by atoms with Gasteiger partial charge in [0.25, 0.3) is 0 Å². The van der Waals surface area contributed by atoms with Crippen LogP contribution in [-0.4, -0.2) is 37.2 Å². The van der Waals surface area contributed by atoms with Crippen molar-refractivity contribution in [1.29, 1.82) is 0 Å². The fourth-order valence-electron chi connectivity index (χ4n) is 7.32. The van der Waals surface area contributed by atoms with Crippen LogP contribution in [0, 0.1) is 0 Å². The highest BCUT2D eigenvalue weighted by atomic mass is 16.6. The Morgan fingerprint density at radius 2 is 0.565 bits per heavy atom. The number of esters is 3. The molecule has 0 saturated heterocycles. The second kappa shape index (κ2) is 56.4. The molecular formula is C63H102O6. The highest BCUT2D eigenvalue weighted by Gasteiger charge is 2.19. The van der Waals surface area contributed by atoms with Gasteiger partial charge in [0.1, 0.15) is 13.2 Å². The van der Waals surface area contributed by atoms with Crippen LogP contribution in [0.15, 0.2) is 122 Å². The van der Waals surface area contributed by atoms with Gasteiger partial charge in [-0.05, 0) is 109 Å². The van der Waals surface area contributed by atoms with Crippen molar-refractivity contribution >= 4 is 17.9 Å². The van der Waals surface area contributed by atoms with Crippen molar-refractivity contribution < 1.29 is 28.6 Å². The number of allylic oxidation sites excluding steroid dienone is 20. The summed E-state index contributed by atoms with van der Waals surface area (Å²) in [7, 11) is 0. The van der Waals surface area contributed by atoms with Gasteiger partial charge >= 0.3 is 17.9 Å². The van der Waals surface area contributed by atoms with E-state index in [1.54, 1.807) is 0 Å². The summed E-state index contributed by atoms with van der Waals surface area (Å²) in [5, 5.41) is 0. The average Bonchev–Trinajstić information content (AvgIpc) is 3.35. The van der Waals surface area contributed by atoms with Gasteiger partial charge in [0.15, 0.2) is 6.10 Å². The summed E-state index contributed by atoms with van der Waals surface area (Å²) in [5.41, 5.74) is 0. The van der Waals surface area contributed by atoms with E-state index in [-0.39, 0.29) is 37.5 Å². The molecule has 0 rings (SSSR count). The zero-order valence-electron chi connectivity index (χ0n) is 44.5. The largest absolute Gasteiger partial charge is 0.462 e. The second-order valence-electron chi connectivity index (χ2n) is 18.1. The minimum atomic E-state index is -0.801. The Labute approximate surface area is 424 Å². The summed E-state index contributed by atoms with van der Waals surface area (Å²) in [6.45, 7) is 6.35. The molecule has 6 heteroatoms. The van der Waals surface area contributed by atoms with Crippen LogP contribution in [0.1, 0.15) is 239 Å². The second-order valence-corrected chi connectivity index (χ2v) is 18.1. The van der Waals surface area contributed by atoms with Crippen molar-refractivity contribution in [2.45, 2.75) is 245 Å². The van der Waals surface area contributed by atoms with Gasteiger partial charge in [0.2, 0.25) is 0 Å². The Bertz CT molecular complexity index is 1470. The van der Waals surface area contributed by atoms with Crippen molar-refractivity contribution in [2.24, 2.45) is 0 Å². The van der Waals surface area contributed by atoms with Crippen molar-refractivity contribution in [3.8, 4) is 0 Å². The van der Waals surface area contributed by atoms with Gasteiger partial charge in [-0.2, -0.15) is 0 Å². The standard InChI is InChI=1S/C63H102O6/c1-4-7-10-13-16-19-21-23-25-27-29-30-31-32-34-35-37-39-41-44-47-50-53-56-62(65)68-59-60(58-67-61(64)55-52-49-46-43-18-15-12-9-6-3)69-63(66)57-54-51-48-45-42-40-38-36-33-28-26-24-22-20-17-14-11-8-5-2/h7-8,10-11,16-17,19-20,23-26,29-30,32-34,36,40,42,60H,4-6,9,12-15,18,21-22,27-28,31,35,37-39,41,43-59H2,1-3H3/b10-7-,11-8-,19-16-,20-17-,25-23-,26-24-,30-29-,34-32-,36-33-,42-40-. The van der Waals surface area contributed by atoms with E-state index in [1.165, 1.54) is 64.2 Å². The van der Waals surface area contributed by atoms with Gasteiger partial charge in [-0.25, -0.2) is 0 Å². The topological polar surface area (TPSA) is 78.9 Å². The summed E-state index contributed by atoms with van der Waals surface area (Å²) in [5.74, 6) is -0.947. The van der Waals surface area contributed by atoms with Gasteiger partial charge in [-0.15, -0.1) is 0 Å². The molecular weight excluding hydrogens is 853 g/mol. The Morgan fingerprint density at radius 3 is 0.899 bits per heavy atom. The van der Waals surface area contributed by atoms with Crippen LogP contribution in [-0.2, 0) is 28.6 Å². The molecule has 0 aliphatic carbocycles. The minimum Gasteiger partial charge on any atom is -0.462 e. The number of hydrogen-bond acceptors (Lipinski definition) is 6. The van der Waals surface area contributed by atoms with Crippen LogP contribution >= 0.6 is 0 Å². The van der Waals surface area contributed by atoms with Crippen LogP contribution in [0.3, 0.4) is 0 Å². The summed E-state index contributed by atoms with van der Waals surface area (Å²) in [6, 6.07) is 0. The van der Waals surface area contributed by atoms with E-state index < -0.39 is 6.10 Å². The zero-order chi connectivity index (χ0) is 50.0. The molecule has 0 bridgehead atoms. The number of unbranched alkanes of at least 4 members (excludes halogenated alkanes) is 18. The first-order valence-corrected chi connectivity index (χ1v) is 28.0. The van der Waals surface area contributed by atoms with Crippen LogP contribution < -0.4 is 0 Å². The van der Waals surface area contributed by atoms with E-state index in [9.17, 15) is 14.4 Å². The summed E-state index contributed by atoms with van der Waals surface area (Å²) >= 11 is 0. The molecule has 69 heavy (non-hydrogen) atoms. The first-order valence-electron chi connectivity index (χ1n) is 28.0. The predicted molar refractivity (Wildman–Crippen MR) is 297 cm³/mol. The third-order valence-electron chi connectivity index (χ3n) is 11.5. The lowest BCUT2D eigenvalue weighted by Gasteiger charge is -2.18. The molecule has 1 atom stereocenters. The molecule has 0 aromatic carbocycles. The maximum absolute atomic E-state index is 12.8. The molecule has 0 heterocycles. The van der Waals surface area contributed by atoms with Gasteiger partial charge in [-0.1, -0.05) is 232 Å². The molecule has 0 radical (unpaired) electrons. The lowest BCUT2D eigenvalue weighted by atomic mass is 10.1. The van der Waals surface area contributed by atoms with Gasteiger partial charge < -0.3 is 14.2 Å². The Balaban J connectivity index is 4.38. The number of carbonyl (C=O) groups excluding carboxylic acids is 3. The molecule has 0 aromatic heterocycles. The number of ether oxygens (including phenoxy) is 3. The van der Waals surface area contributed by atoms with Crippen molar-refractivity contribution in [3.63, 3.8) is 0 Å². The molecule has 0 fully saturated rings. The maximum Gasteiger partial charge on any atom is 0.306 e. The quantitative estimate of drug-likeness (QED) is 0.0262. The lowest BCUT2D eigenvalue weighted by molar-refractivity contribution is -0.167. The van der Waals surface area contributed by atoms with E-state index in [0.717, 1.165) is 135 Å². The van der Waals surface area contributed by atoms with Crippen molar-refractivity contribution in [3.05, 3.63) is 122 Å². The Morgan fingerprint density at radius 1 is 0.304 bits per heavy atom. The third kappa shape index (κ3) is 54.6. The van der Waals surface area contributed by atoms with Gasteiger partial charge in [0.05, 0.1) is 0 Å². The molecule has 6 nitrogen and oxygen atoms in total. The normalized spacial score (nSPS) is 13.0. The Hall–Kier alpha value is -4.19. The van der Waals surface area contributed by atoms with Gasteiger partial charge in [-0.3, -0.25) is 14.4 Å². The van der Waals surface area contributed by atoms with E-state index in [0.29, 0.717) is 12.8 Å².